The lowest BCUT2D eigenvalue weighted by molar-refractivity contribution is 0.103. The second-order valence-corrected chi connectivity index (χ2v) is 5.68. The van der Waals surface area contributed by atoms with Crippen molar-refractivity contribution in [3.63, 3.8) is 0 Å². The SMILES string of the molecule is Cc1cscc1C(=O)c1c(C)c(C)cc(C)c1C. The molecule has 0 atom stereocenters. The van der Waals surface area contributed by atoms with Crippen molar-refractivity contribution >= 4 is 17.1 Å². The topological polar surface area (TPSA) is 17.1 Å². The lowest BCUT2D eigenvalue weighted by Crippen LogP contribution is -2.09. The average Bonchev–Trinajstić information content (AvgIpc) is 2.73. The van der Waals surface area contributed by atoms with Crippen molar-refractivity contribution in [1.82, 2.24) is 0 Å². The largest absolute Gasteiger partial charge is 0.289 e. The minimum absolute atomic E-state index is 0.163. The molecule has 2 rings (SSSR count). The molecule has 0 saturated carbocycles. The van der Waals surface area contributed by atoms with E-state index in [0.29, 0.717) is 0 Å². The molecule has 0 saturated heterocycles. The zero-order valence-electron chi connectivity index (χ0n) is 11.5. The molecule has 2 aromatic rings. The molecule has 0 aliphatic heterocycles. The number of aryl methyl sites for hydroxylation is 3. The summed E-state index contributed by atoms with van der Waals surface area (Å²) in [5.41, 5.74) is 7.39. The highest BCUT2D eigenvalue weighted by atomic mass is 32.1. The molecule has 0 fully saturated rings. The smallest absolute Gasteiger partial charge is 0.194 e. The summed E-state index contributed by atoms with van der Waals surface area (Å²) in [6.45, 7) is 10.2. The number of carbonyl (C=O) groups excluding carboxylic acids is 1. The van der Waals surface area contributed by atoms with Crippen LogP contribution >= 0.6 is 11.3 Å². The lowest BCUT2D eigenvalue weighted by Gasteiger charge is -2.14. The van der Waals surface area contributed by atoms with E-state index in [1.54, 1.807) is 11.3 Å². The summed E-state index contributed by atoms with van der Waals surface area (Å²) in [5.74, 6) is 0.163. The van der Waals surface area contributed by atoms with Gasteiger partial charge in [0.2, 0.25) is 0 Å². The van der Waals surface area contributed by atoms with E-state index in [1.165, 1.54) is 11.1 Å². The standard InChI is InChI=1S/C16H18OS/c1-9-6-10(2)13(5)15(12(9)4)16(17)14-8-18-7-11(14)3/h6-8H,1-5H3. The van der Waals surface area contributed by atoms with Gasteiger partial charge in [-0.2, -0.15) is 11.3 Å². The zero-order chi connectivity index (χ0) is 13.4. The molecule has 1 nitrogen and oxygen atoms in total. The van der Waals surface area contributed by atoms with Gasteiger partial charge in [0.05, 0.1) is 0 Å². The van der Waals surface area contributed by atoms with Gasteiger partial charge in [0.15, 0.2) is 5.78 Å². The maximum atomic E-state index is 12.7. The molecule has 1 aromatic heterocycles. The minimum Gasteiger partial charge on any atom is -0.289 e. The number of carbonyl (C=O) groups is 1. The van der Waals surface area contributed by atoms with Gasteiger partial charge < -0.3 is 0 Å². The monoisotopic (exact) mass is 258 g/mol. The Kier molecular flexibility index (Phi) is 3.40. The Bertz CT molecular complexity index is 594. The second kappa shape index (κ2) is 4.69. The van der Waals surface area contributed by atoms with Crippen LogP contribution in [0.2, 0.25) is 0 Å². The van der Waals surface area contributed by atoms with Crippen molar-refractivity contribution in [2.75, 3.05) is 0 Å². The van der Waals surface area contributed by atoms with Gasteiger partial charge in [-0.25, -0.2) is 0 Å². The van der Waals surface area contributed by atoms with E-state index in [1.807, 2.05) is 31.5 Å². The Labute approximate surface area is 112 Å². The zero-order valence-corrected chi connectivity index (χ0v) is 12.4. The quantitative estimate of drug-likeness (QED) is 0.724. The second-order valence-electron chi connectivity index (χ2n) is 4.93. The predicted molar refractivity (Wildman–Crippen MR) is 77.9 cm³/mol. The predicted octanol–water partition coefficient (Wildman–Crippen LogP) is 4.52. The van der Waals surface area contributed by atoms with Crippen LogP contribution < -0.4 is 0 Å². The fourth-order valence-corrected chi connectivity index (χ4v) is 3.11. The first-order chi connectivity index (χ1) is 8.43. The van der Waals surface area contributed by atoms with E-state index in [4.69, 9.17) is 0 Å². The minimum atomic E-state index is 0.163. The third-order valence-electron chi connectivity index (χ3n) is 3.69. The highest BCUT2D eigenvalue weighted by molar-refractivity contribution is 7.08. The molecule has 2 heteroatoms. The van der Waals surface area contributed by atoms with Gasteiger partial charge in [-0.15, -0.1) is 0 Å². The number of hydrogen-bond acceptors (Lipinski definition) is 2. The van der Waals surface area contributed by atoms with Crippen molar-refractivity contribution < 1.29 is 4.79 Å². The van der Waals surface area contributed by atoms with Crippen LogP contribution in [-0.2, 0) is 0 Å². The van der Waals surface area contributed by atoms with Crippen LogP contribution in [0.5, 0.6) is 0 Å². The molecule has 0 radical (unpaired) electrons. The molecule has 0 unspecified atom stereocenters. The Balaban J connectivity index is 2.66. The van der Waals surface area contributed by atoms with Gasteiger partial charge >= 0.3 is 0 Å². The summed E-state index contributed by atoms with van der Waals surface area (Å²) >= 11 is 1.59. The molecule has 0 aliphatic rings. The normalized spacial score (nSPS) is 10.7. The summed E-state index contributed by atoms with van der Waals surface area (Å²) in [6, 6.07) is 2.15. The molecule has 94 valence electrons. The first-order valence-electron chi connectivity index (χ1n) is 6.08. The van der Waals surface area contributed by atoms with Crippen LogP contribution in [0.1, 0.15) is 43.7 Å². The van der Waals surface area contributed by atoms with Crippen molar-refractivity contribution in [2.24, 2.45) is 0 Å². The van der Waals surface area contributed by atoms with E-state index in [2.05, 4.69) is 19.9 Å². The molecule has 0 amide bonds. The van der Waals surface area contributed by atoms with Crippen molar-refractivity contribution in [1.29, 1.82) is 0 Å². The van der Waals surface area contributed by atoms with Gasteiger partial charge in [0.25, 0.3) is 0 Å². The summed E-state index contributed by atoms with van der Waals surface area (Å²) in [4.78, 5) is 12.7. The fraction of sp³-hybridized carbons (Fsp3) is 0.312. The van der Waals surface area contributed by atoms with Crippen molar-refractivity contribution in [3.05, 3.63) is 55.8 Å². The number of rotatable bonds is 2. The van der Waals surface area contributed by atoms with Gasteiger partial charge in [0, 0.05) is 16.5 Å². The van der Waals surface area contributed by atoms with Crippen LogP contribution in [0, 0.1) is 34.6 Å². The molecule has 0 aliphatic carbocycles. The van der Waals surface area contributed by atoms with Crippen molar-refractivity contribution in [2.45, 2.75) is 34.6 Å². The Morgan fingerprint density at radius 3 is 1.89 bits per heavy atom. The molecule has 18 heavy (non-hydrogen) atoms. The van der Waals surface area contributed by atoms with E-state index >= 15 is 0 Å². The molecular formula is C16H18OS. The fourth-order valence-electron chi connectivity index (χ4n) is 2.29. The first-order valence-corrected chi connectivity index (χ1v) is 7.02. The van der Waals surface area contributed by atoms with Crippen LogP contribution in [0.3, 0.4) is 0 Å². The molecule has 0 N–H and O–H groups in total. The van der Waals surface area contributed by atoms with Crippen molar-refractivity contribution in [3.8, 4) is 0 Å². The van der Waals surface area contributed by atoms with Gasteiger partial charge in [-0.3, -0.25) is 4.79 Å². The Morgan fingerprint density at radius 2 is 1.44 bits per heavy atom. The molecule has 1 heterocycles. The lowest BCUT2D eigenvalue weighted by atomic mass is 9.89. The average molecular weight is 258 g/mol. The maximum Gasteiger partial charge on any atom is 0.194 e. The summed E-state index contributed by atoms with van der Waals surface area (Å²) in [6.07, 6.45) is 0. The van der Waals surface area contributed by atoms with E-state index < -0.39 is 0 Å². The van der Waals surface area contributed by atoms with Gasteiger partial charge in [-0.05, 0) is 67.8 Å². The summed E-state index contributed by atoms with van der Waals surface area (Å²) in [7, 11) is 0. The molecule has 1 aromatic carbocycles. The molecule has 0 bridgehead atoms. The Morgan fingerprint density at radius 1 is 0.889 bits per heavy atom. The van der Waals surface area contributed by atoms with Gasteiger partial charge in [-0.1, -0.05) is 6.07 Å². The van der Waals surface area contributed by atoms with Crippen LogP contribution in [0.4, 0.5) is 0 Å². The van der Waals surface area contributed by atoms with Crippen LogP contribution in [-0.4, -0.2) is 5.78 Å². The van der Waals surface area contributed by atoms with Crippen LogP contribution in [0.15, 0.2) is 16.8 Å². The van der Waals surface area contributed by atoms with E-state index in [9.17, 15) is 4.79 Å². The number of ketones is 1. The number of thiophene rings is 1. The third kappa shape index (κ3) is 2.01. The van der Waals surface area contributed by atoms with Gasteiger partial charge in [0.1, 0.15) is 0 Å². The number of hydrogen-bond donors (Lipinski definition) is 0. The molecular weight excluding hydrogens is 240 g/mol. The summed E-state index contributed by atoms with van der Waals surface area (Å²) in [5, 5.41) is 3.98. The number of benzene rings is 1. The highest BCUT2D eigenvalue weighted by Gasteiger charge is 2.19. The van der Waals surface area contributed by atoms with Crippen LogP contribution in [0.25, 0.3) is 0 Å². The maximum absolute atomic E-state index is 12.7. The summed E-state index contributed by atoms with van der Waals surface area (Å²) < 4.78 is 0. The molecule has 0 spiro atoms. The first kappa shape index (κ1) is 13.0. The van der Waals surface area contributed by atoms with E-state index in [-0.39, 0.29) is 5.78 Å². The highest BCUT2D eigenvalue weighted by Crippen LogP contribution is 2.26. The third-order valence-corrected chi connectivity index (χ3v) is 4.55. The van der Waals surface area contributed by atoms with E-state index in [0.717, 1.165) is 27.8 Å². The Hall–Kier alpha value is -1.41.